The van der Waals surface area contributed by atoms with Crippen LogP contribution in [0.4, 0.5) is 0 Å². The molecule has 1 heterocycles. The number of hydrogen-bond donors (Lipinski definition) is 1. The molecule has 30 heavy (non-hydrogen) atoms. The topological polar surface area (TPSA) is 50.5 Å². The van der Waals surface area contributed by atoms with Crippen LogP contribution >= 0.6 is 0 Å². The van der Waals surface area contributed by atoms with Crippen LogP contribution in [0.1, 0.15) is 44.0 Å². The molecule has 1 unspecified atom stereocenters. The van der Waals surface area contributed by atoms with E-state index in [1.54, 1.807) is 0 Å². The fourth-order valence-electron chi connectivity index (χ4n) is 3.35. The Labute approximate surface area is 179 Å². The van der Waals surface area contributed by atoms with Crippen molar-refractivity contribution in [3.63, 3.8) is 0 Å². The molecule has 0 aliphatic carbocycles. The van der Waals surface area contributed by atoms with Crippen molar-refractivity contribution in [2.75, 3.05) is 6.54 Å². The van der Waals surface area contributed by atoms with Crippen LogP contribution in [-0.4, -0.2) is 38.5 Å². The molecule has 3 aromatic rings. The SMILES string of the molecule is CCC(O)CN(Cc1c(C)nn(-c2ccccc2)c1Oc1ccc(C)cc1)C(C)C. The minimum absolute atomic E-state index is 0.290. The van der Waals surface area contributed by atoms with E-state index in [-0.39, 0.29) is 12.1 Å². The van der Waals surface area contributed by atoms with Crippen molar-refractivity contribution < 1.29 is 9.84 Å². The van der Waals surface area contributed by atoms with Crippen molar-refractivity contribution in [2.45, 2.75) is 59.7 Å². The molecule has 5 heteroatoms. The second-order valence-electron chi connectivity index (χ2n) is 8.12. The van der Waals surface area contributed by atoms with Gasteiger partial charge >= 0.3 is 0 Å². The highest BCUT2D eigenvalue weighted by molar-refractivity contribution is 5.43. The predicted octanol–water partition coefficient (Wildman–Crippen LogP) is 5.26. The van der Waals surface area contributed by atoms with Crippen LogP contribution in [0.25, 0.3) is 5.69 Å². The van der Waals surface area contributed by atoms with E-state index >= 15 is 0 Å². The molecule has 0 aliphatic rings. The number of aryl methyl sites for hydroxylation is 2. The first-order chi connectivity index (χ1) is 14.4. The number of nitrogens with zero attached hydrogens (tertiary/aromatic N) is 3. The third-order valence-corrected chi connectivity index (χ3v) is 5.38. The van der Waals surface area contributed by atoms with Gasteiger partial charge in [0.25, 0.3) is 0 Å². The largest absolute Gasteiger partial charge is 0.439 e. The first-order valence-electron chi connectivity index (χ1n) is 10.7. The van der Waals surface area contributed by atoms with E-state index in [0.29, 0.717) is 13.1 Å². The molecule has 2 aromatic carbocycles. The summed E-state index contributed by atoms with van der Waals surface area (Å²) in [5, 5.41) is 15.1. The smallest absolute Gasteiger partial charge is 0.227 e. The van der Waals surface area contributed by atoms with Crippen LogP contribution in [0.3, 0.4) is 0 Å². The predicted molar refractivity (Wildman–Crippen MR) is 121 cm³/mol. The summed E-state index contributed by atoms with van der Waals surface area (Å²) in [5.41, 5.74) is 4.11. The van der Waals surface area contributed by atoms with Gasteiger partial charge in [-0.3, -0.25) is 4.90 Å². The van der Waals surface area contributed by atoms with E-state index in [9.17, 15) is 5.11 Å². The van der Waals surface area contributed by atoms with Gasteiger partial charge in [-0.2, -0.15) is 5.10 Å². The van der Waals surface area contributed by atoms with Crippen LogP contribution in [0.2, 0.25) is 0 Å². The van der Waals surface area contributed by atoms with Gasteiger partial charge < -0.3 is 9.84 Å². The highest BCUT2D eigenvalue weighted by atomic mass is 16.5. The lowest BCUT2D eigenvalue weighted by atomic mass is 10.1. The third-order valence-electron chi connectivity index (χ3n) is 5.38. The van der Waals surface area contributed by atoms with Gasteiger partial charge in [0.05, 0.1) is 23.0 Å². The summed E-state index contributed by atoms with van der Waals surface area (Å²) in [4.78, 5) is 2.27. The normalized spacial score (nSPS) is 12.5. The summed E-state index contributed by atoms with van der Waals surface area (Å²) in [6, 6.07) is 18.4. The van der Waals surface area contributed by atoms with Crippen molar-refractivity contribution in [3.05, 3.63) is 71.4 Å². The second kappa shape index (κ2) is 9.92. The van der Waals surface area contributed by atoms with Crippen LogP contribution in [0, 0.1) is 13.8 Å². The third kappa shape index (κ3) is 5.29. The first kappa shape index (κ1) is 22.1. The molecule has 0 spiro atoms. The lowest BCUT2D eigenvalue weighted by molar-refractivity contribution is 0.0876. The van der Waals surface area contributed by atoms with Gasteiger partial charge in [0.1, 0.15) is 5.75 Å². The zero-order valence-electron chi connectivity index (χ0n) is 18.7. The van der Waals surface area contributed by atoms with Crippen molar-refractivity contribution >= 4 is 0 Å². The number of hydrogen-bond acceptors (Lipinski definition) is 4. The van der Waals surface area contributed by atoms with Crippen LogP contribution in [0.15, 0.2) is 54.6 Å². The molecule has 0 aliphatic heterocycles. The van der Waals surface area contributed by atoms with Crippen molar-refractivity contribution in [3.8, 4) is 17.3 Å². The van der Waals surface area contributed by atoms with Crippen molar-refractivity contribution in [1.82, 2.24) is 14.7 Å². The molecule has 0 radical (unpaired) electrons. The quantitative estimate of drug-likeness (QED) is 0.525. The Morgan fingerprint density at radius 3 is 2.30 bits per heavy atom. The Kier molecular flexibility index (Phi) is 7.29. The van der Waals surface area contributed by atoms with Crippen LogP contribution in [-0.2, 0) is 6.54 Å². The molecular formula is C25H33N3O2. The Balaban J connectivity index is 2.02. The van der Waals surface area contributed by atoms with E-state index in [2.05, 4.69) is 25.7 Å². The summed E-state index contributed by atoms with van der Waals surface area (Å²) < 4.78 is 8.27. The van der Waals surface area contributed by atoms with Crippen molar-refractivity contribution in [2.24, 2.45) is 0 Å². The summed E-state index contributed by atoms with van der Waals surface area (Å²) in [6.07, 6.45) is 0.386. The second-order valence-corrected chi connectivity index (χ2v) is 8.12. The number of ether oxygens (including phenoxy) is 1. The van der Waals surface area contributed by atoms with Gasteiger partial charge in [0, 0.05) is 19.1 Å². The van der Waals surface area contributed by atoms with Crippen molar-refractivity contribution in [1.29, 1.82) is 0 Å². The summed E-state index contributed by atoms with van der Waals surface area (Å²) in [5.74, 6) is 1.50. The number of aliphatic hydroxyl groups excluding tert-OH is 1. The molecule has 0 saturated carbocycles. The molecule has 1 atom stereocenters. The van der Waals surface area contributed by atoms with Gasteiger partial charge in [-0.1, -0.05) is 42.8 Å². The molecule has 1 aromatic heterocycles. The number of para-hydroxylation sites is 1. The minimum Gasteiger partial charge on any atom is -0.439 e. The van der Waals surface area contributed by atoms with Gasteiger partial charge in [-0.05, 0) is 58.4 Å². The van der Waals surface area contributed by atoms with E-state index in [0.717, 1.165) is 35.0 Å². The zero-order valence-corrected chi connectivity index (χ0v) is 18.7. The van der Waals surface area contributed by atoms with E-state index in [1.807, 2.05) is 73.1 Å². The molecule has 5 nitrogen and oxygen atoms in total. The monoisotopic (exact) mass is 407 g/mol. The Morgan fingerprint density at radius 2 is 1.70 bits per heavy atom. The maximum Gasteiger partial charge on any atom is 0.227 e. The average Bonchev–Trinajstić information content (AvgIpc) is 3.04. The lowest BCUT2D eigenvalue weighted by Crippen LogP contribution is -2.37. The number of aromatic nitrogens is 2. The molecular weight excluding hydrogens is 374 g/mol. The van der Waals surface area contributed by atoms with Crippen LogP contribution in [0.5, 0.6) is 11.6 Å². The zero-order chi connectivity index (χ0) is 21.7. The average molecular weight is 408 g/mol. The van der Waals surface area contributed by atoms with Gasteiger partial charge in [0.15, 0.2) is 0 Å². The fraction of sp³-hybridized carbons (Fsp3) is 0.400. The molecule has 0 amide bonds. The van der Waals surface area contributed by atoms with Gasteiger partial charge in [0.2, 0.25) is 5.88 Å². The first-order valence-corrected chi connectivity index (χ1v) is 10.7. The van der Waals surface area contributed by atoms with Crippen LogP contribution < -0.4 is 4.74 Å². The van der Waals surface area contributed by atoms with E-state index in [4.69, 9.17) is 9.84 Å². The standard InChI is InChI=1S/C25H33N3O2/c1-6-22(29)16-27(18(2)3)17-24-20(5)26-28(21-10-8-7-9-11-21)25(24)30-23-14-12-19(4)13-15-23/h7-15,18,22,29H,6,16-17H2,1-5H3. The Morgan fingerprint density at radius 1 is 1.03 bits per heavy atom. The Bertz CT molecular complexity index is 933. The summed E-state index contributed by atoms with van der Waals surface area (Å²) >= 11 is 0. The van der Waals surface area contributed by atoms with Gasteiger partial charge in [-0.15, -0.1) is 0 Å². The molecule has 3 rings (SSSR count). The molecule has 1 N–H and O–H groups in total. The van der Waals surface area contributed by atoms with Gasteiger partial charge in [-0.25, -0.2) is 4.68 Å². The maximum atomic E-state index is 10.2. The summed E-state index contributed by atoms with van der Waals surface area (Å²) in [6.45, 7) is 11.7. The number of aliphatic hydroxyl groups is 1. The molecule has 0 bridgehead atoms. The fourth-order valence-corrected chi connectivity index (χ4v) is 3.35. The van der Waals surface area contributed by atoms with E-state index < -0.39 is 0 Å². The number of rotatable bonds is 9. The maximum absolute atomic E-state index is 10.2. The lowest BCUT2D eigenvalue weighted by Gasteiger charge is -2.28. The molecule has 0 fully saturated rings. The molecule has 160 valence electrons. The van der Waals surface area contributed by atoms with E-state index in [1.165, 1.54) is 5.56 Å². The number of benzene rings is 2. The summed E-state index contributed by atoms with van der Waals surface area (Å²) in [7, 11) is 0. The highest BCUT2D eigenvalue weighted by Crippen LogP contribution is 2.32. The Hall–Kier alpha value is -2.63. The minimum atomic E-state index is -0.349. The molecule has 0 saturated heterocycles. The highest BCUT2D eigenvalue weighted by Gasteiger charge is 2.23.